The van der Waals surface area contributed by atoms with Gasteiger partial charge >= 0.3 is 0 Å². The number of hydrogen-bond donors (Lipinski definition) is 2. The molecule has 0 bridgehead atoms. The molecule has 2 aromatic carbocycles. The quantitative estimate of drug-likeness (QED) is 0.209. The molecule has 0 fully saturated rings. The van der Waals surface area contributed by atoms with Crippen LogP contribution < -0.4 is 10.6 Å². The Bertz CT molecular complexity index is 1330. The van der Waals surface area contributed by atoms with Crippen LogP contribution in [0.1, 0.15) is 65.5 Å². The minimum atomic E-state index is -3.83. The highest BCUT2D eigenvalue weighted by molar-refractivity contribution is 7.86. The molecular weight excluding hydrogens is 592 g/mol. The van der Waals surface area contributed by atoms with Gasteiger partial charge in [-0.25, -0.2) is 0 Å². The summed E-state index contributed by atoms with van der Waals surface area (Å²) in [5.41, 5.74) is -1.46. The van der Waals surface area contributed by atoms with Crippen molar-refractivity contribution in [3.05, 3.63) is 71.8 Å². The van der Waals surface area contributed by atoms with Gasteiger partial charge in [0.15, 0.2) is 0 Å². The van der Waals surface area contributed by atoms with Gasteiger partial charge in [-0.1, -0.05) is 102 Å². The van der Waals surface area contributed by atoms with E-state index in [9.17, 15) is 26.4 Å². The zero-order chi connectivity index (χ0) is 32.7. The lowest BCUT2D eigenvalue weighted by molar-refractivity contribution is -0.146. The first-order valence-corrected chi connectivity index (χ1v) is 17.8. The molecule has 0 unspecified atom stereocenters. The Morgan fingerprint density at radius 1 is 0.651 bits per heavy atom. The van der Waals surface area contributed by atoms with Crippen LogP contribution in [-0.4, -0.2) is 66.5 Å². The van der Waals surface area contributed by atoms with Gasteiger partial charge in [0, 0.05) is 10.8 Å². The van der Waals surface area contributed by atoms with E-state index in [1.807, 2.05) is 88.4 Å². The summed E-state index contributed by atoms with van der Waals surface area (Å²) < 4.78 is 57.9. The average Bonchev–Trinajstić information content (AvgIpc) is 2.94. The normalized spacial score (nSPS) is 14.5. The lowest BCUT2D eigenvalue weighted by atomic mass is 9.74. The van der Waals surface area contributed by atoms with Crippen LogP contribution in [0.15, 0.2) is 60.7 Å². The zero-order valence-electron chi connectivity index (χ0n) is 26.3. The first-order valence-electron chi connectivity index (χ1n) is 14.2. The van der Waals surface area contributed by atoms with E-state index in [2.05, 4.69) is 10.6 Å². The van der Waals surface area contributed by atoms with Gasteiger partial charge < -0.3 is 10.6 Å². The van der Waals surface area contributed by atoms with Crippen molar-refractivity contribution in [2.24, 2.45) is 5.41 Å². The summed E-state index contributed by atoms with van der Waals surface area (Å²) >= 11 is 0. The third-order valence-corrected chi connectivity index (χ3v) is 9.49. The minimum Gasteiger partial charge on any atom is -0.349 e. The van der Waals surface area contributed by atoms with Crippen molar-refractivity contribution in [3.63, 3.8) is 0 Å². The average molecular weight is 639 g/mol. The Labute approximate surface area is 257 Å². The summed E-state index contributed by atoms with van der Waals surface area (Å²) in [5, 5.41) is 5.87. The van der Waals surface area contributed by atoms with E-state index in [1.54, 1.807) is 13.8 Å². The maximum absolute atomic E-state index is 14.1. The number of rotatable bonds is 16. The second-order valence-electron chi connectivity index (χ2n) is 12.0. The molecule has 0 aliphatic rings. The largest absolute Gasteiger partial charge is 0.349 e. The van der Waals surface area contributed by atoms with E-state index in [1.165, 1.54) is 0 Å². The molecule has 240 valence electrons. The molecule has 2 aromatic rings. The molecule has 2 atom stereocenters. The van der Waals surface area contributed by atoms with Crippen molar-refractivity contribution >= 4 is 32.1 Å². The van der Waals surface area contributed by atoms with E-state index in [0.717, 1.165) is 23.6 Å². The molecule has 0 saturated heterocycles. The first kappa shape index (κ1) is 36.4. The van der Waals surface area contributed by atoms with E-state index in [-0.39, 0.29) is 26.1 Å². The highest BCUT2D eigenvalue weighted by atomic mass is 32.2. The fourth-order valence-corrected chi connectivity index (χ4v) is 5.74. The summed E-state index contributed by atoms with van der Waals surface area (Å²) in [6.07, 6.45) is 2.12. The maximum Gasteiger partial charge on any atom is 0.264 e. The van der Waals surface area contributed by atoms with E-state index in [0.29, 0.717) is 0 Å². The molecular formula is C31H46N2O8S2. The SMILES string of the molecule is CCC(CC)(C(=O)N[C@H](COS(C)(=O)=O)C(C)(C)c1ccccc1)C(=O)N[C@H](COS(C)(=O)=O)C(C)(C)c1ccccc1. The molecule has 0 radical (unpaired) electrons. The molecule has 0 aliphatic heterocycles. The summed E-state index contributed by atoms with van der Waals surface area (Å²) in [4.78, 5) is 28.2. The minimum absolute atomic E-state index is 0.123. The van der Waals surface area contributed by atoms with Gasteiger partial charge in [0.2, 0.25) is 11.8 Å². The molecule has 0 heterocycles. The Morgan fingerprint density at radius 2 is 0.953 bits per heavy atom. The van der Waals surface area contributed by atoms with Crippen molar-refractivity contribution in [1.29, 1.82) is 0 Å². The lowest BCUT2D eigenvalue weighted by Crippen LogP contribution is -2.61. The third kappa shape index (κ3) is 9.59. The molecule has 2 amide bonds. The predicted molar refractivity (Wildman–Crippen MR) is 167 cm³/mol. The Morgan fingerprint density at radius 3 is 1.21 bits per heavy atom. The van der Waals surface area contributed by atoms with Crippen LogP contribution in [0.4, 0.5) is 0 Å². The Balaban J connectivity index is 2.48. The molecule has 0 aromatic heterocycles. The third-order valence-electron chi connectivity index (χ3n) is 8.36. The number of carbonyl (C=O) groups is 2. The Hall–Kier alpha value is -2.80. The van der Waals surface area contributed by atoms with Gasteiger partial charge in [0.05, 0.1) is 37.8 Å². The fourth-order valence-electron chi connectivity index (χ4n) is 4.97. The molecule has 2 N–H and O–H groups in total. The van der Waals surface area contributed by atoms with Crippen LogP contribution in [-0.2, 0) is 49.0 Å². The monoisotopic (exact) mass is 638 g/mol. The number of carbonyl (C=O) groups excluding carboxylic acids is 2. The molecule has 0 saturated carbocycles. The van der Waals surface area contributed by atoms with Gasteiger partial charge in [-0.3, -0.25) is 18.0 Å². The number of hydrogen-bond acceptors (Lipinski definition) is 8. The van der Waals surface area contributed by atoms with Crippen molar-refractivity contribution in [2.45, 2.75) is 77.3 Å². The van der Waals surface area contributed by atoms with Crippen LogP contribution in [0, 0.1) is 5.41 Å². The Kier molecular flexibility index (Phi) is 12.1. The van der Waals surface area contributed by atoms with Crippen molar-refractivity contribution in [2.75, 3.05) is 25.7 Å². The number of amides is 2. The van der Waals surface area contributed by atoms with Crippen molar-refractivity contribution in [1.82, 2.24) is 10.6 Å². The molecule has 0 aliphatic carbocycles. The molecule has 43 heavy (non-hydrogen) atoms. The van der Waals surface area contributed by atoms with Crippen molar-refractivity contribution < 1.29 is 34.8 Å². The fraction of sp³-hybridized carbons (Fsp3) is 0.548. The van der Waals surface area contributed by atoms with Crippen LogP contribution in [0.5, 0.6) is 0 Å². The molecule has 12 heteroatoms. The summed E-state index contributed by atoms with van der Waals surface area (Å²) in [6.45, 7) is 10.2. The van der Waals surface area contributed by atoms with Crippen molar-refractivity contribution in [3.8, 4) is 0 Å². The van der Waals surface area contributed by atoms with Crippen LogP contribution >= 0.6 is 0 Å². The van der Waals surface area contributed by atoms with Gasteiger partial charge in [0.1, 0.15) is 5.41 Å². The van der Waals surface area contributed by atoms with Crippen LogP contribution in [0.25, 0.3) is 0 Å². The predicted octanol–water partition coefficient (Wildman–Crippen LogP) is 3.67. The highest BCUT2D eigenvalue weighted by Gasteiger charge is 2.47. The summed E-state index contributed by atoms with van der Waals surface area (Å²) in [7, 11) is -7.66. The second-order valence-corrected chi connectivity index (χ2v) is 15.3. The van der Waals surface area contributed by atoms with Gasteiger partial charge in [-0.15, -0.1) is 0 Å². The van der Waals surface area contributed by atoms with Crippen LogP contribution in [0.2, 0.25) is 0 Å². The first-order chi connectivity index (χ1) is 19.8. The summed E-state index contributed by atoms with van der Waals surface area (Å²) in [5.74, 6) is -1.19. The van der Waals surface area contributed by atoms with E-state index < -0.39 is 60.4 Å². The van der Waals surface area contributed by atoms with E-state index >= 15 is 0 Å². The van der Waals surface area contributed by atoms with Gasteiger partial charge in [-0.05, 0) is 24.0 Å². The molecule has 2 rings (SSSR count). The standard InChI is InChI=1S/C31H46N2O8S2/c1-9-31(10-2,27(34)32-25(21-40-42(7,36)37)29(3,4)23-17-13-11-14-18-23)28(35)33-26(22-41-43(8,38)39)30(5,6)24-19-15-12-16-20-24/h11-20,25-26H,9-10,21-22H2,1-8H3,(H,32,34)(H,33,35)/t25-,26-/m1/s1. The van der Waals surface area contributed by atoms with Gasteiger partial charge in [-0.2, -0.15) is 16.8 Å². The highest BCUT2D eigenvalue weighted by Crippen LogP contribution is 2.34. The maximum atomic E-state index is 14.1. The smallest absolute Gasteiger partial charge is 0.264 e. The molecule has 10 nitrogen and oxygen atoms in total. The lowest BCUT2D eigenvalue weighted by Gasteiger charge is -2.40. The molecule has 0 spiro atoms. The second kappa shape index (κ2) is 14.3. The number of benzene rings is 2. The van der Waals surface area contributed by atoms with E-state index in [4.69, 9.17) is 8.37 Å². The summed E-state index contributed by atoms with van der Waals surface area (Å²) in [6, 6.07) is 16.9. The zero-order valence-corrected chi connectivity index (χ0v) is 28.0. The van der Waals surface area contributed by atoms with Gasteiger partial charge in [0.25, 0.3) is 20.2 Å². The topological polar surface area (TPSA) is 145 Å². The number of nitrogens with one attached hydrogen (secondary N) is 2. The van der Waals surface area contributed by atoms with Crippen LogP contribution in [0.3, 0.4) is 0 Å².